The van der Waals surface area contributed by atoms with Crippen LogP contribution in [0.1, 0.15) is 63.5 Å². The quantitative estimate of drug-likeness (QED) is 0.849. The Kier molecular flexibility index (Phi) is 4.86. The van der Waals surface area contributed by atoms with Crippen molar-refractivity contribution in [1.82, 2.24) is 9.55 Å². The molecule has 1 saturated carbocycles. The van der Waals surface area contributed by atoms with Gasteiger partial charge < -0.3 is 0 Å². The lowest BCUT2D eigenvalue weighted by atomic mass is 9.96. The van der Waals surface area contributed by atoms with Gasteiger partial charge in [-0.1, -0.05) is 50.6 Å². The first-order valence-electron chi connectivity index (χ1n) is 7.18. The molecule has 0 bridgehead atoms. The van der Waals surface area contributed by atoms with Crippen LogP contribution >= 0.6 is 11.6 Å². The van der Waals surface area contributed by atoms with Crippen LogP contribution in [0.4, 0.5) is 0 Å². The fraction of sp³-hybridized carbons (Fsp3) is 0.714. The fourth-order valence-electron chi connectivity index (χ4n) is 2.89. The van der Waals surface area contributed by atoms with E-state index in [1.165, 1.54) is 23.8 Å². The summed E-state index contributed by atoms with van der Waals surface area (Å²) in [6, 6.07) is 0.0270. The summed E-state index contributed by atoms with van der Waals surface area (Å²) >= 11 is 5.94. The van der Waals surface area contributed by atoms with Crippen LogP contribution in [0.3, 0.4) is 0 Å². The van der Waals surface area contributed by atoms with Gasteiger partial charge in [-0.3, -0.25) is 14.3 Å². The maximum absolute atomic E-state index is 12.4. The van der Waals surface area contributed by atoms with Crippen molar-refractivity contribution in [2.24, 2.45) is 0 Å². The van der Waals surface area contributed by atoms with Gasteiger partial charge in [0.05, 0.1) is 5.56 Å². The minimum Gasteiger partial charge on any atom is -0.297 e. The molecule has 0 spiro atoms. The SMILES string of the molecule is CCc1c(Cl)[nH]c(=O)n(C2CCCCCCC2)c1=O. The summed E-state index contributed by atoms with van der Waals surface area (Å²) < 4.78 is 1.40. The van der Waals surface area contributed by atoms with Gasteiger partial charge in [0.2, 0.25) is 0 Å². The lowest BCUT2D eigenvalue weighted by molar-refractivity contribution is 0.353. The Morgan fingerprint density at radius 3 is 2.32 bits per heavy atom. The van der Waals surface area contributed by atoms with E-state index in [-0.39, 0.29) is 22.4 Å². The van der Waals surface area contributed by atoms with Crippen LogP contribution < -0.4 is 11.2 Å². The van der Waals surface area contributed by atoms with Crippen molar-refractivity contribution in [3.8, 4) is 0 Å². The molecule has 1 aromatic rings. The van der Waals surface area contributed by atoms with E-state index in [1.54, 1.807) is 0 Å². The average molecular weight is 285 g/mol. The molecule has 2 rings (SSSR count). The molecule has 0 amide bonds. The zero-order valence-electron chi connectivity index (χ0n) is 11.4. The predicted octanol–water partition coefficient (Wildman–Crippen LogP) is 3.04. The normalized spacial score (nSPS) is 18.0. The van der Waals surface area contributed by atoms with E-state index >= 15 is 0 Å². The molecule has 19 heavy (non-hydrogen) atoms. The van der Waals surface area contributed by atoms with Gasteiger partial charge in [0.25, 0.3) is 5.56 Å². The summed E-state index contributed by atoms with van der Waals surface area (Å²) in [4.78, 5) is 27.1. The molecule has 0 aromatic carbocycles. The molecule has 1 N–H and O–H groups in total. The number of nitrogens with one attached hydrogen (secondary N) is 1. The number of aromatic amines is 1. The Bertz CT molecular complexity index is 539. The molecular weight excluding hydrogens is 264 g/mol. The van der Waals surface area contributed by atoms with E-state index < -0.39 is 0 Å². The largest absolute Gasteiger partial charge is 0.329 e. The minimum atomic E-state index is -0.363. The van der Waals surface area contributed by atoms with Gasteiger partial charge in [-0.15, -0.1) is 0 Å². The standard InChI is InChI=1S/C14H21ClN2O2/c1-2-11-12(15)16-14(19)17(13(11)18)10-8-6-4-3-5-7-9-10/h10H,2-9H2,1H3,(H,16,19). The van der Waals surface area contributed by atoms with Gasteiger partial charge in [0.1, 0.15) is 5.15 Å². The molecule has 1 aromatic heterocycles. The first kappa shape index (κ1) is 14.4. The lowest BCUT2D eigenvalue weighted by Crippen LogP contribution is -2.40. The molecule has 1 fully saturated rings. The number of rotatable bonds is 2. The maximum atomic E-state index is 12.4. The van der Waals surface area contributed by atoms with Crippen LogP contribution in [0.15, 0.2) is 9.59 Å². The van der Waals surface area contributed by atoms with Gasteiger partial charge in [0, 0.05) is 6.04 Å². The zero-order valence-corrected chi connectivity index (χ0v) is 12.1. The molecule has 0 saturated heterocycles. The molecule has 106 valence electrons. The molecule has 4 nitrogen and oxygen atoms in total. The Morgan fingerprint density at radius 1 is 1.16 bits per heavy atom. The lowest BCUT2D eigenvalue weighted by Gasteiger charge is -2.21. The van der Waals surface area contributed by atoms with Crippen LogP contribution in [0.5, 0.6) is 0 Å². The topological polar surface area (TPSA) is 54.9 Å². The van der Waals surface area contributed by atoms with Crippen molar-refractivity contribution in [2.45, 2.75) is 64.3 Å². The van der Waals surface area contributed by atoms with Gasteiger partial charge in [-0.2, -0.15) is 0 Å². The maximum Gasteiger partial charge on any atom is 0.329 e. The Morgan fingerprint density at radius 2 is 1.74 bits per heavy atom. The Hall–Kier alpha value is -1.03. The summed E-state index contributed by atoms with van der Waals surface area (Å²) in [5, 5.41) is 0.194. The van der Waals surface area contributed by atoms with Crippen molar-refractivity contribution in [2.75, 3.05) is 0 Å². The second-order valence-electron chi connectivity index (χ2n) is 5.25. The van der Waals surface area contributed by atoms with Gasteiger partial charge in [-0.25, -0.2) is 4.79 Å². The number of aromatic nitrogens is 2. The number of hydrogen-bond acceptors (Lipinski definition) is 2. The van der Waals surface area contributed by atoms with E-state index in [9.17, 15) is 9.59 Å². The molecular formula is C14H21ClN2O2. The second-order valence-corrected chi connectivity index (χ2v) is 5.63. The van der Waals surface area contributed by atoms with E-state index in [2.05, 4.69) is 4.98 Å². The van der Waals surface area contributed by atoms with Crippen molar-refractivity contribution in [3.63, 3.8) is 0 Å². The van der Waals surface area contributed by atoms with E-state index in [0.717, 1.165) is 25.7 Å². The molecule has 0 aliphatic heterocycles. The van der Waals surface area contributed by atoms with E-state index in [0.29, 0.717) is 12.0 Å². The zero-order chi connectivity index (χ0) is 13.8. The van der Waals surface area contributed by atoms with Crippen LogP contribution in [0, 0.1) is 0 Å². The summed E-state index contributed by atoms with van der Waals surface area (Å²) in [7, 11) is 0. The highest BCUT2D eigenvalue weighted by Gasteiger charge is 2.19. The monoisotopic (exact) mass is 284 g/mol. The second kappa shape index (κ2) is 6.42. The molecule has 0 radical (unpaired) electrons. The van der Waals surface area contributed by atoms with Crippen molar-refractivity contribution in [3.05, 3.63) is 31.6 Å². The highest BCUT2D eigenvalue weighted by Crippen LogP contribution is 2.24. The highest BCUT2D eigenvalue weighted by molar-refractivity contribution is 6.30. The van der Waals surface area contributed by atoms with Crippen molar-refractivity contribution >= 4 is 11.6 Å². The molecule has 1 heterocycles. The molecule has 0 unspecified atom stereocenters. The summed E-state index contributed by atoms with van der Waals surface area (Å²) in [5.74, 6) is 0. The van der Waals surface area contributed by atoms with Gasteiger partial charge >= 0.3 is 5.69 Å². The van der Waals surface area contributed by atoms with E-state index in [4.69, 9.17) is 11.6 Å². The van der Waals surface area contributed by atoms with Crippen molar-refractivity contribution < 1.29 is 0 Å². The van der Waals surface area contributed by atoms with Crippen LogP contribution in [-0.2, 0) is 6.42 Å². The van der Waals surface area contributed by atoms with Crippen LogP contribution in [0.25, 0.3) is 0 Å². The first-order chi connectivity index (χ1) is 9.15. The third-order valence-electron chi connectivity index (χ3n) is 3.97. The minimum absolute atomic E-state index is 0.0270. The Labute approximate surface area is 117 Å². The molecule has 0 atom stereocenters. The van der Waals surface area contributed by atoms with Crippen LogP contribution in [0.2, 0.25) is 5.15 Å². The first-order valence-corrected chi connectivity index (χ1v) is 7.56. The van der Waals surface area contributed by atoms with Gasteiger partial charge in [0.15, 0.2) is 0 Å². The highest BCUT2D eigenvalue weighted by atomic mass is 35.5. The molecule has 5 heteroatoms. The van der Waals surface area contributed by atoms with E-state index in [1.807, 2.05) is 6.92 Å². The molecule has 1 aliphatic carbocycles. The van der Waals surface area contributed by atoms with Crippen LogP contribution in [-0.4, -0.2) is 9.55 Å². The third-order valence-corrected chi connectivity index (χ3v) is 4.29. The fourth-order valence-corrected chi connectivity index (χ4v) is 3.19. The third kappa shape index (κ3) is 3.11. The van der Waals surface area contributed by atoms with Crippen molar-refractivity contribution in [1.29, 1.82) is 0 Å². The number of halogens is 1. The average Bonchev–Trinajstić information content (AvgIpc) is 2.31. The molecule has 1 aliphatic rings. The summed E-state index contributed by atoms with van der Waals surface area (Å²) in [6.07, 6.45) is 8.18. The van der Waals surface area contributed by atoms with Gasteiger partial charge in [-0.05, 0) is 19.3 Å². The predicted molar refractivity (Wildman–Crippen MR) is 77.1 cm³/mol. The number of hydrogen-bond donors (Lipinski definition) is 1. The number of H-pyrrole nitrogens is 1. The summed E-state index contributed by atoms with van der Waals surface area (Å²) in [6.45, 7) is 1.88. The summed E-state index contributed by atoms with van der Waals surface area (Å²) in [5.41, 5.74) is -0.0528. The number of nitrogens with zero attached hydrogens (tertiary/aromatic N) is 1. The Balaban J connectivity index is 2.42. The smallest absolute Gasteiger partial charge is 0.297 e.